The molecule has 2 N–H and O–H groups in total. The molecule has 1 heterocycles. The Labute approximate surface area is 78.5 Å². The van der Waals surface area contributed by atoms with Gasteiger partial charge in [0, 0.05) is 12.5 Å². The average molecular weight is 190 g/mol. The third-order valence-corrected chi connectivity index (χ3v) is 2.25. The van der Waals surface area contributed by atoms with E-state index < -0.39 is 5.79 Å². The third kappa shape index (κ3) is 2.40. The molecule has 1 aliphatic heterocycles. The van der Waals surface area contributed by atoms with E-state index in [4.69, 9.17) is 19.7 Å². The second-order valence-electron chi connectivity index (χ2n) is 3.98. The molecule has 1 saturated heterocycles. The molecule has 78 valence electrons. The van der Waals surface area contributed by atoms with Gasteiger partial charge >= 0.3 is 0 Å². The number of rotatable bonds is 3. The van der Waals surface area contributed by atoms with Crippen LogP contribution in [-0.4, -0.2) is 41.4 Å². The number of aliphatic hydroxyl groups excluding tert-OH is 2. The summed E-state index contributed by atoms with van der Waals surface area (Å²) in [6.07, 6.45) is -0.540. The standard InChI is InChI=1S/C9H18O4/c1-6(4-10)8-7(5-11)12-9(2,3)13-8/h6-8,10-11H,4-5H2,1-3H3/t6-,7+,8+/m1/s1. The predicted octanol–water partition coefficient (Wildman–Crippen LogP) is 0.127. The van der Waals surface area contributed by atoms with Gasteiger partial charge in [0.25, 0.3) is 0 Å². The van der Waals surface area contributed by atoms with E-state index in [1.165, 1.54) is 0 Å². The van der Waals surface area contributed by atoms with Gasteiger partial charge in [-0.2, -0.15) is 0 Å². The summed E-state index contributed by atoms with van der Waals surface area (Å²) in [7, 11) is 0. The Morgan fingerprint density at radius 1 is 1.31 bits per heavy atom. The maximum atomic E-state index is 9.03. The van der Waals surface area contributed by atoms with Crippen LogP contribution in [0, 0.1) is 5.92 Å². The van der Waals surface area contributed by atoms with E-state index in [-0.39, 0.29) is 31.3 Å². The lowest BCUT2D eigenvalue weighted by molar-refractivity contribution is -0.153. The molecular weight excluding hydrogens is 172 g/mol. The van der Waals surface area contributed by atoms with Crippen LogP contribution in [0.2, 0.25) is 0 Å². The first kappa shape index (κ1) is 10.9. The highest BCUT2D eigenvalue weighted by Crippen LogP contribution is 2.31. The van der Waals surface area contributed by atoms with Crippen LogP contribution in [0.15, 0.2) is 0 Å². The minimum atomic E-state index is -0.651. The molecule has 0 aromatic heterocycles. The number of aliphatic hydroxyl groups is 2. The summed E-state index contributed by atoms with van der Waals surface area (Å²) in [6, 6.07) is 0. The number of ether oxygens (including phenoxy) is 2. The van der Waals surface area contributed by atoms with E-state index in [0.717, 1.165) is 0 Å². The minimum Gasteiger partial charge on any atom is -0.396 e. The normalized spacial score (nSPS) is 34.8. The molecular formula is C9H18O4. The molecule has 0 spiro atoms. The van der Waals surface area contributed by atoms with E-state index >= 15 is 0 Å². The van der Waals surface area contributed by atoms with Crippen molar-refractivity contribution in [1.29, 1.82) is 0 Å². The van der Waals surface area contributed by atoms with Crippen molar-refractivity contribution in [3.8, 4) is 0 Å². The largest absolute Gasteiger partial charge is 0.396 e. The highest BCUT2D eigenvalue weighted by molar-refractivity contribution is 4.84. The molecule has 4 heteroatoms. The van der Waals surface area contributed by atoms with Gasteiger partial charge in [-0.25, -0.2) is 0 Å². The number of hydrogen-bond acceptors (Lipinski definition) is 4. The zero-order chi connectivity index (χ0) is 10.1. The summed E-state index contributed by atoms with van der Waals surface area (Å²) in [6.45, 7) is 5.45. The van der Waals surface area contributed by atoms with Crippen molar-refractivity contribution >= 4 is 0 Å². The zero-order valence-corrected chi connectivity index (χ0v) is 8.36. The molecule has 1 rings (SSSR count). The van der Waals surface area contributed by atoms with Crippen LogP contribution in [0.1, 0.15) is 20.8 Å². The van der Waals surface area contributed by atoms with E-state index in [0.29, 0.717) is 0 Å². The van der Waals surface area contributed by atoms with Crippen molar-refractivity contribution in [2.24, 2.45) is 5.92 Å². The lowest BCUT2D eigenvalue weighted by Crippen LogP contribution is -2.33. The third-order valence-electron chi connectivity index (χ3n) is 2.25. The van der Waals surface area contributed by atoms with Gasteiger partial charge in [-0.1, -0.05) is 6.92 Å². The summed E-state index contributed by atoms with van der Waals surface area (Å²) in [5.41, 5.74) is 0. The Hall–Kier alpha value is -0.160. The van der Waals surface area contributed by atoms with E-state index in [1.54, 1.807) is 13.8 Å². The smallest absolute Gasteiger partial charge is 0.163 e. The summed E-state index contributed by atoms with van der Waals surface area (Å²) in [5.74, 6) is -0.666. The van der Waals surface area contributed by atoms with Crippen LogP contribution in [0.5, 0.6) is 0 Å². The van der Waals surface area contributed by atoms with Gasteiger partial charge in [0.05, 0.1) is 12.7 Å². The Morgan fingerprint density at radius 2 is 1.92 bits per heavy atom. The highest BCUT2D eigenvalue weighted by atomic mass is 16.8. The van der Waals surface area contributed by atoms with Gasteiger partial charge in [0.2, 0.25) is 0 Å². The van der Waals surface area contributed by atoms with Crippen LogP contribution in [0.25, 0.3) is 0 Å². The van der Waals surface area contributed by atoms with Crippen LogP contribution in [-0.2, 0) is 9.47 Å². The van der Waals surface area contributed by atoms with Gasteiger partial charge in [-0.3, -0.25) is 0 Å². The summed E-state index contributed by atoms with van der Waals surface area (Å²) in [5, 5.41) is 18.0. The summed E-state index contributed by atoms with van der Waals surface area (Å²) >= 11 is 0. The quantitative estimate of drug-likeness (QED) is 0.664. The van der Waals surface area contributed by atoms with Gasteiger partial charge in [-0.05, 0) is 13.8 Å². The molecule has 0 saturated carbocycles. The monoisotopic (exact) mass is 190 g/mol. The lowest BCUT2D eigenvalue weighted by Gasteiger charge is -2.20. The van der Waals surface area contributed by atoms with Gasteiger partial charge in [0.15, 0.2) is 5.79 Å². The first-order valence-electron chi connectivity index (χ1n) is 4.57. The molecule has 0 radical (unpaired) electrons. The Kier molecular flexibility index (Phi) is 3.29. The topological polar surface area (TPSA) is 58.9 Å². The van der Waals surface area contributed by atoms with Crippen LogP contribution in [0.3, 0.4) is 0 Å². The first-order chi connectivity index (χ1) is 6.00. The minimum absolute atomic E-state index is 0.0149. The molecule has 13 heavy (non-hydrogen) atoms. The van der Waals surface area contributed by atoms with Crippen molar-refractivity contribution in [3.63, 3.8) is 0 Å². The summed E-state index contributed by atoms with van der Waals surface area (Å²) < 4.78 is 11.0. The second-order valence-corrected chi connectivity index (χ2v) is 3.98. The molecule has 0 amide bonds. The van der Waals surface area contributed by atoms with E-state index in [9.17, 15) is 0 Å². The highest BCUT2D eigenvalue weighted by Gasteiger charge is 2.43. The predicted molar refractivity (Wildman–Crippen MR) is 47.2 cm³/mol. The van der Waals surface area contributed by atoms with E-state index in [2.05, 4.69) is 0 Å². The molecule has 0 aliphatic carbocycles. The number of hydrogen-bond donors (Lipinski definition) is 2. The van der Waals surface area contributed by atoms with E-state index in [1.807, 2.05) is 6.92 Å². The van der Waals surface area contributed by atoms with Crippen molar-refractivity contribution in [2.75, 3.05) is 13.2 Å². The van der Waals surface area contributed by atoms with Gasteiger partial charge < -0.3 is 19.7 Å². The fraction of sp³-hybridized carbons (Fsp3) is 1.00. The van der Waals surface area contributed by atoms with Crippen LogP contribution >= 0.6 is 0 Å². The van der Waals surface area contributed by atoms with Crippen molar-refractivity contribution in [1.82, 2.24) is 0 Å². The van der Waals surface area contributed by atoms with Crippen LogP contribution in [0.4, 0.5) is 0 Å². The molecule has 3 atom stereocenters. The molecule has 4 nitrogen and oxygen atoms in total. The van der Waals surface area contributed by atoms with Gasteiger partial charge in [-0.15, -0.1) is 0 Å². The molecule has 1 fully saturated rings. The molecule has 0 unspecified atom stereocenters. The molecule has 0 aromatic rings. The molecule has 1 aliphatic rings. The zero-order valence-electron chi connectivity index (χ0n) is 8.36. The fourth-order valence-corrected chi connectivity index (χ4v) is 1.59. The molecule has 0 bridgehead atoms. The fourth-order valence-electron chi connectivity index (χ4n) is 1.59. The summed E-state index contributed by atoms with van der Waals surface area (Å²) in [4.78, 5) is 0. The Morgan fingerprint density at radius 3 is 2.38 bits per heavy atom. The average Bonchev–Trinajstić information content (AvgIpc) is 2.39. The van der Waals surface area contributed by atoms with Crippen molar-refractivity contribution in [3.05, 3.63) is 0 Å². The van der Waals surface area contributed by atoms with Gasteiger partial charge in [0.1, 0.15) is 6.10 Å². The van der Waals surface area contributed by atoms with Crippen molar-refractivity contribution in [2.45, 2.75) is 38.8 Å². The maximum Gasteiger partial charge on any atom is 0.163 e. The molecule has 0 aromatic carbocycles. The second kappa shape index (κ2) is 3.92. The maximum absolute atomic E-state index is 9.03. The van der Waals surface area contributed by atoms with Crippen LogP contribution < -0.4 is 0 Å². The van der Waals surface area contributed by atoms with Crippen molar-refractivity contribution < 1.29 is 19.7 Å². The SMILES string of the molecule is C[C@H](CO)[C@@H]1OC(C)(C)O[C@H]1CO. The lowest BCUT2D eigenvalue weighted by atomic mass is 10.0. The Bertz CT molecular complexity index is 169. The first-order valence-corrected chi connectivity index (χ1v) is 4.57. The Balaban J connectivity index is 2.63.